The monoisotopic (exact) mass is 396 g/mol. The molecule has 140 valence electrons. The zero-order chi connectivity index (χ0) is 19.2. The first-order valence-corrected chi connectivity index (χ1v) is 11.1. The molecule has 2 aromatic rings. The maximum Gasteiger partial charge on any atom is 0.324 e. The summed E-state index contributed by atoms with van der Waals surface area (Å²) in [6.07, 6.45) is -0.126. The average molecular weight is 396 g/mol. The fourth-order valence-corrected chi connectivity index (χ4v) is 5.56. The summed E-state index contributed by atoms with van der Waals surface area (Å²) in [5.41, 5.74) is 0. The van der Waals surface area contributed by atoms with E-state index in [2.05, 4.69) is 4.74 Å². The number of esters is 1. The van der Waals surface area contributed by atoms with Crippen molar-refractivity contribution in [1.82, 2.24) is 0 Å². The molecule has 0 heterocycles. The third-order valence-corrected chi connectivity index (χ3v) is 7.82. The average Bonchev–Trinajstić information content (AvgIpc) is 2.66. The molecule has 2 aromatic carbocycles. The van der Waals surface area contributed by atoms with Crippen molar-refractivity contribution in [3.8, 4) is 0 Å². The Morgan fingerprint density at radius 1 is 0.885 bits per heavy atom. The van der Waals surface area contributed by atoms with Crippen LogP contribution in [0.5, 0.6) is 0 Å². The lowest BCUT2D eigenvalue weighted by Crippen LogP contribution is -2.32. The van der Waals surface area contributed by atoms with Gasteiger partial charge in [0.2, 0.25) is 0 Å². The Balaban J connectivity index is 2.16. The van der Waals surface area contributed by atoms with Crippen LogP contribution in [-0.2, 0) is 29.2 Å². The van der Waals surface area contributed by atoms with E-state index in [1.807, 2.05) is 0 Å². The van der Waals surface area contributed by atoms with Crippen LogP contribution in [0.2, 0.25) is 0 Å². The molecule has 26 heavy (non-hydrogen) atoms. The smallest absolute Gasteiger partial charge is 0.324 e. The van der Waals surface area contributed by atoms with E-state index in [1.54, 1.807) is 36.4 Å². The van der Waals surface area contributed by atoms with E-state index < -0.39 is 30.9 Å². The molecule has 0 N–H and O–H groups in total. The summed E-state index contributed by atoms with van der Waals surface area (Å²) < 4.78 is 54.7. The van der Waals surface area contributed by atoms with Crippen molar-refractivity contribution in [3.63, 3.8) is 0 Å². The van der Waals surface area contributed by atoms with Crippen LogP contribution < -0.4 is 0 Å². The maximum absolute atomic E-state index is 12.7. The number of hydrogen-bond acceptors (Lipinski definition) is 6. The number of benzene rings is 2. The van der Waals surface area contributed by atoms with Crippen LogP contribution in [0.15, 0.2) is 70.5 Å². The quantitative estimate of drug-likeness (QED) is 0.635. The summed E-state index contributed by atoms with van der Waals surface area (Å²) in [4.78, 5) is 12.2. The van der Waals surface area contributed by atoms with Crippen LogP contribution in [0.25, 0.3) is 0 Å². The molecule has 0 spiro atoms. The topological polar surface area (TPSA) is 94.6 Å². The Labute approximate surface area is 153 Å². The van der Waals surface area contributed by atoms with Gasteiger partial charge >= 0.3 is 5.97 Å². The number of rotatable bonds is 8. The normalized spacial score (nSPS) is 13.1. The van der Waals surface area contributed by atoms with Crippen LogP contribution in [0.4, 0.5) is 0 Å². The van der Waals surface area contributed by atoms with Gasteiger partial charge in [0.25, 0.3) is 0 Å². The van der Waals surface area contributed by atoms with Crippen molar-refractivity contribution in [2.45, 2.75) is 27.9 Å². The number of ether oxygens (including phenoxy) is 1. The highest BCUT2D eigenvalue weighted by atomic mass is 32.2. The molecule has 2 rings (SSSR count). The highest BCUT2D eigenvalue weighted by Gasteiger charge is 2.34. The molecule has 0 amide bonds. The Kier molecular flexibility index (Phi) is 6.55. The number of carbonyl (C=O) groups is 1. The minimum Gasteiger partial charge on any atom is -0.468 e. The lowest BCUT2D eigenvalue weighted by atomic mass is 10.2. The Hall–Kier alpha value is -2.19. The summed E-state index contributed by atoms with van der Waals surface area (Å²) >= 11 is 0. The molecule has 1 unspecified atom stereocenters. The van der Waals surface area contributed by atoms with Crippen LogP contribution in [0.1, 0.15) is 12.8 Å². The summed E-state index contributed by atoms with van der Waals surface area (Å²) in [5, 5.41) is -1.44. The lowest BCUT2D eigenvalue weighted by Gasteiger charge is -2.15. The molecule has 0 radical (unpaired) electrons. The first kappa shape index (κ1) is 20.1. The van der Waals surface area contributed by atoms with E-state index >= 15 is 0 Å². The van der Waals surface area contributed by atoms with Gasteiger partial charge < -0.3 is 4.74 Å². The largest absolute Gasteiger partial charge is 0.468 e. The molecule has 0 aliphatic carbocycles. The second-order valence-electron chi connectivity index (χ2n) is 5.64. The molecule has 0 aliphatic heterocycles. The van der Waals surface area contributed by atoms with Crippen molar-refractivity contribution >= 4 is 25.6 Å². The third-order valence-electron chi connectivity index (χ3n) is 3.89. The first-order valence-electron chi connectivity index (χ1n) is 7.93. The van der Waals surface area contributed by atoms with Crippen LogP contribution in [0, 0.1) is 0 Å². The Bertz CT molecular complexity index is 936. The molecule has 6 nitrogen and oxygen atoms in total. The van der Waals surface area contributed by atoms with Crippen molar-refractivity contribution in [1.29, 1.82) is 0 Å². The summed E-state index contributed by atoms with van der Waals surface area (Å²) in [7, 11) is -6.40. The maximum atomic E-state index is 12.7. The Morgan fingerprint density at radius 3 is 1.88 bits per heavy atom. The number of hydrogen-bond donors (Lipinski definition) is 0. The van der Waals surface area contributed by atoms with Gasteiger partial charge in [0.15, 0.2) is 24.9 Å². The summed E-state index contributed by atoms with van der Waals surface area (Å²) in [6, 6.07) is 15.5. The second-order valence-corrected chi connectivity index (χ2v) is 9.88. The predicted molar refractivity (Wildman–Crippen MR) is 97.2 cm³/mol. The van der Waals surface area contributed by atoms with E-state index in [0.29, 0.717) is 0 Å². The molecular weight excluding hydrogens is 376 g/mol. The van der Waals surface area contributed by atoms with E-state index in [1.165, 1.54) is 24.3 Å². The number of carbonyl (C=O) groups excluding carboxylic acids is 1. The highest BCUT2D eigenvalue weighted by molar-refractivity contribution is 7.93. The lowest BCUT2D eigenvalue weighted by molar-refractivity contribution is -0.140. The fraction of sp³-hybridized carbons (Fsp3) is 0.278. The molecule has 0 aliphatic rings. The van der Waals surface area contributed by atoms with Gasteiger partial charge in [-0.05, 0) is 37.1 Å². The van der Waals surface area contributed by atoms with Crippen LogP contribution >= 0.6 is 0 Å². The van der Waals surface area contributed by atoms with Gasteiger partial charge in [-0.15, -0.1) is 0 Å². The van der Waals surface area contributed by atoms with Crippen LogP contribution in [0.3, 0.4) is 0 Å². The third kappa shape index (κ3) is 4.70. The number of methoxy groups -OCH3 is 1. The van der Waals surface area contributed by atoms with Crippen molar-refractivity contribution in [3.05, 3.63) is 60.7 Å². The Morgan fingerprint density at radius 2 is 1.38 bits per heavy atom. The number of sulfone groups is 2. The van der Waals surface area contributed by atoms with Gasteiger partial charge in [0.1, 0.15) is 0 Å². The van der Waals surface area contributed by atoms with E-state index in [0.717, 1.165) is 7.11 Å². The minimum atomic E-state index is -3.96. The predicted octanol–water partition coefficient (Wildman–Crippen LogP) is 2.26. The first-order chi connectivity index (χ1) is 12.3. The molecule has 0 bridgehead atoms. The molecule has 0 fully saturated rings. The van der Waals surface area contributed by atoms with Gasteiger partial charge in [-0.25, -0.2) is 16.8 Å². The zero-order valence-electron chi connectivity index (χ0n) is 14.2. The SMILES string of the molecule is COC(=O)C(CCCS(=O)(=O)c1ccccc1)S(=O)(=O)c1ccccc1. The summed E-state index contributed by atoms with van der Waals surface area (Å²) in [5.74, 6) is -1.15. The highest BCUT2D eigenvalue weighted by Crippen LogP contribution is 2.22. The van der Waals surface area contributed by atoms with Crippen LogP contribution in [-0.4, -0.2) is 40.9 Å². The van der Waals surface area contributed by atoms with E-state index in [4.69, 9.17) is 0 Å². The fourth-order valence-electron chi connectivity index (χ4n) is 2.51. The van der Waals surface area contributed by atoms with Gasteiger partial charge in [-0.1, -0.05) is 36.4 Å². The van der Waals surface area contributed by atoms with Crippen molar-refractivity contribution < 1.29 is 26.4 Å². The molecule has 1 atom stereocenters. The van der Waals surface area contributed by atoms with Crippen molar-refractivity contribution in [2.75, 3.05) is 12.9 Å². The van der Waals surface area contributed by atoms with Gasteiger partial charge in [-0.2, -0.15) is 0 Å². The molecule has 0 aromatic heterocycles. The zero-order valence-corrected chi connectivity index (χ0v) is 15.9. The molecule has 0 saturated heterocycles. The van der Waals surface area contributed by atoms with Crippen molar-refractivity contribution in [2.24, 2.45) is 0 Å². The summed E-state index contributed by atoms with van der Waals surface area (Å²) in [6.45, 7) is 0. The van der Waals surface area contributed by atoms with E-state index in [-0.39, 0.29) is 28.4 Å². The van der Waals surface area contributed by atoms with Gasteiger partial charge in [-0.3, -0.25) is 4.79 Å². The van der Waals surface area contributed by atoms with Gasteiger partial charge in [0.05, 0.1) is 22.7 Å². The van der Waals surface area contributed by atoms with E-state index in [9.17, 15) is 21.6 Å². The molecular formula is C18H20O6S2. The van der Waals surface area contributed by atoms with Gasteiger partial charge in [0, 0.05) is 0 Å². The molecule has 8 heteroatoms. The second kappa shape index (κ2) is 8.46. The molecule has 0 saturated carbocycles. The minimum absolute atomic E-state index is 0.00122. The standard InChI is InChI=1S/C18H20O6S2/c1-24-18(19)17(26(22,23)16-11-6-3-7-12-16)13-8-14-25(20,21)15-9-4-2-5-10-15/h2-7,9-12,17H,8,13-14H2,1H3.